The molecule has 1 atom stereocenters. The van der Waals surface area contributed by atoms with Gasteiger partial charge in [-0.2, -0.15) is 13.2 Å². The van der Waals surface area contributed by atoms with Crippen LogP contribution in [0.25, 0.3) is 10.9 Å². The van der Waals surface area contributed by atoms with E-state index in [0.29, 0.717) is 12.8 Å². The van der Waals surface area contributed by atoms with Gasteiger partial charge in [-0.05, 0) is 24.5 Å². The van der Waals surface area contributed by atoms with E-state index in [4.69, 9.17) is 0 Å². The van der Waals surface area contributed by atoms with Gasteiger partial charge in [0.2, 0.25) is 5.91 Å². The summed E-state index contributed by atoms with van der Waals surface area (Å²) < 4.78 is 38.3. The normalized spacial score (nSPS) is 21.6. The van der Waals surface area contributed by atoms with E-state index >= 15 is 0 Å². The number of likely N-dealkylation sites (tertiary alicyclic amines) is 1. The molecule has 1 fully saturated rings. The SMILES string of the molecule is O=C(CCCc1c[nH]c2ccccc12)N1CCC(O)(C(F)(F)F)C1. The summed E-state index contributed by atoms with van der Waals surface area (Å²) in [7, 11) is 0. The summed E-state index contributed by atoms with van der Waals surface area (Å²) >= 11 is 0. The summed E-state index contributed by atoms with van der Waals surface area (Å²) in [5.74, 6) is -0.338. The molecule has 0 aliphatic carbocycles. The highest BCUT2D eigenvalue weighted by molar-refractivity contribution is 5.83. The van der Waals surface area contributed by atoms with Gasteiger partial charge >= 0.3 is 6.18 Å². The average molecular weight is 340 g/mol. The molecule has 1 unspecified atom stereocenters. The number of hydrogen-bond donors (Lipinski definition) is 2. The number of benzene rings is 1. The lowest BCUT2D eigenvalue weighted by molar-refractivity contribution is -0.253. The molecule has 0 saturated carbocycles. The summed E-state index contributed by atoms with van der Waals surface area (Å²) in [6.45, 7) is -0.718. The number of aliphatic hydroxyl groups is 1. The fourth-order valence-electron chi connectivity index (χ4n) is 3.16. The van der Waals surface area contributed by atoms with E-state index in [1.165, 1.54) is 0 Å². The number of nitrogens with one attached hydrogen (secondary N) is 1. The Balaban J connectivity index is 1.53. The van der Waals surface area contributed by atoms with Crippen LogP contribution in [0, 0.1) is 0 Å². The molecule has 0 spiro atoms. The van der Waals surface area contributed by atoms with Gasteiger partial charge in [-0.15, -0.1) is 0 Å². The van der Waals surface area contributed by atoms with Crippen molar-refractivity contribution in [2.45, 2.75) is 37.5 Å². The molecule has 1 aromatic heterocycles. The molecule has 4 nitrogen and oxygen atoms in total. The van der Waals surface area contributed by atoms with Crippen LogP contribution in [-0.4, -0.2) is 45.8 Å². The number of carbonyl (C=O) groups excluding carboxylic acids is 1. The third-order valence-electron chi connectivity index (χ3n) is 4.64. The predicted molar refractivity (Wildman–Crippen MR) is 83.4 cm³/mol. The summed E-state index contributed by atoms with van der Waals surface area (Å²) in [6.07, 6.45) is -1.85. The van der Waals surface area contributed by atoms with Gasteiger partial charge in [0.05, 0.1) is 6.54 Å². The molecule has 1 saturated heterocycles. The molecule has 0 radical (unpaired) electrons. The number of halogens is 3. The van der Waals surface area contributed by atoms with Gasteiger partial charge in [0.15, 0.2) is 5.60 Å². The zero-order valence-electron chi connectivity index (χ0n) is 13.1. The summed E-state index contributed by atoms with van der Waals surface area (Å²) in [5.41, 5.74) is -0.653. The summed E-state index contributed by atoms with van der Waals surface area (Å²) in [6, 6.07) is 7.83. The highest BCUT2D eigenvalue weighted by atomic mass is 19.4. The van der Waals surface area contributed by atoms with Crippen LogP contribution >= 0.6 is 0 Å². The largest absolute Gasteiger partial charge is 0.419 e. The predicted octanol–water partition coefficient (Wildman–Crippen LogP) is 3.02. The highest BCUT2D eigenvalue weighted by Gasteiger charge is 2.57. The van der Waals surface area contributed by atoms with Crippen molar-refractivity contribution in [3.05, 3.63) is 36.0 Å². The minimum atomic E-state index is -4.70. The summed E-state index contributed by atoms with van der Waals surface area (Å²) in [4.78, 5) is 16.4. The standard InChI is InChI=1S/C17H19F3N2O2/c18-17(19,20)16(24)8-9-22(11-16)15(23)7-3-4-12-10-21-14-6-2-1-5-13(12)14/h1-2,5-6,10,21,24H,3-4,7-9,11H2. The van der Waals surface area contributed by atoms with Crippen LogP contribution in [0.1, 0.15) is 24.8 Å². The van der Waals surface area contributed by atoms with Crippen LogP contribution in [0.4, 0.5) is 13.2 Å². The van der Waals surface area contributed by atoms with Crippen molar-refractivity contribution in [3.8, 4) is 0 Å². The number of aromatic amines is 1. The molecule has 1 amide bonds. The molecule has 1 aliphatic rings. The molecule has 2 N–H and O–H groups in total. The van der Waals surface area contributed by atoms with Crippen LogP contribution in [0.3, 0.4) is 0 Å². The highest BCUT2D eigenvalue weighted by Crippen LogP contribution is 2.37. The first-order valence-electron chi connectivity index (χ1n) is 7.92. The number of nitrogens with zero attached hydrogens (tertiary/aromatic N) is 1. The minimum Gasteiger partial charge on any atom is -0.379 e. The lowest BCUT2D eigenvalue weighted by Gasteiger charge is -2.25. The second-order valence-electron chi connectivity index (χ2n) is 6.31. The van der Waals surface area contributed by atoms with Crippen molar-refractivity contribution in [1.82, 2.24) is 9.88 Å². The van der Waals surface area contributed by atoms with Gasteiger partial charge in [0.25, 0.3) is 0 Å². The Bertz CT molecular complexity index is 741. The number of amides is 1. The second kappa shape index (κ2) is 6.12. The third kappa shape index (κ3) is 3.13. The smallest absolute Gasteiger partial charge is 0.379 e. The van der Waals surface area contributed by atoms with Crippen molar-refractivity contribution in [2.24, 2.45) is 0 Å². The van der Waals surface area contributed by atoms with E-state index in [1.54, 1.807) is 0 Å². The maximum atomic E-state index is 12.8. The number of aryl methyl sites for hydroxylation is 1. The van der Waals surface area contributed by atoms with Crippen molar-refractivity contribution in [2.75, 3.05) is 13.1 Å². The zero-order chi connectivity index (χ0) is 17.4. The Morgan fingerprint density at radius 1 is 1.33 bits per heavy atom. The number of H-pyrrole nitrogens is 1. The number of para-hydroxylation sites is 1. The van der Waals surface area contributed by atoms with Gasteiger partial charge in [-0.3, -0.25) is 4.79 Å². The zero-order valence-corrected chi connectivity index (χ0v) is 13.1. The van der Waals surface area contributed by atoms with Crippen LogP contribution in [0.15, 0.2) is 30.5 Å². The molecular weight excluding hydrogens is 321 g/mol. The Kier molecular flexibility index (Phi) is 4.29. The second-order valence-corrected chi connectivity index (χ2v) is 6.31. The van der Waals surface area contributed by atoms with Gasteiger partial charge in [-0.1, -0.05) is 18.2 Å². The van der Waals surface area contributed by atoms with Gasteiger partial charge in [0.1, 0.15) is 0 Å². The van der Waals surface area contributed by atoms with E-state index in [-0.39, 0.29) is 18.9 Å². The van der Waals surface area contributed by atoms with Crippen LogP contribution < -0.4 is 0 Å². The third-order valence-corrected chi connectivity index (χ3v) is 4.64. The first-order chi connectivity index (χ1) is 11.3. The van der Waals surface area contributed by atoms with E-state index < -0.39 is 24.7 Å². The van der Waals surface area contributed by atoms with Crippen molar-refractivity contribution >= 4 is 16.8 Å². The van der Waals surface area contributed by atoms with E-state index in [0.717, 1.165) is 21.4 Å². The number of alkyl halides is 3. The van der Waals surface area contributed by atoms with Crippen molar-refractivity contribution in [1.29, 1.82) is 0 Å². The number of fused-ring (bicyclic) bond motifs is 1. The topological polar surface area (TPSA) is 56.3 Å². The van der Waals surface area contributed by atoms with Crippen LogP contribution in [0.2, 0.25) is 0 Å². The van der Waals surface area contributed by atoms with E-state index in [9.17, 15) is 23.1 Å². The monoisotopic (exact) mass is 340 g/mol. The van der Waals surface area contributed by atoms with E-state index in [1.807, 2.05) is 30.5 Å². The van der Waals surface area contributed by atoms with Gasteiger partial charge in [-0.25, -0.2) is 0 Å². The summed E-state index contributed by atoms with van der Waals surface area (Å²) in [5, 5.41) is 10.7. The number of hydrogen-bond acceptors (Lipinski definition) is 2. The molecule has 0 bridgehead atoms. The number of rotatable bonds is 4. The Morgan fingerprint density at radius 2 is 2.08 bits per heavy atom. The fourth-order valence-corrected chi connectivity index (χ4v) is 3.16. The van der Waals surface area contributed by atoms with Gasteiger partial charge in [0, 0.05) is 36.5 Å². The Labute approximate surface area is 137 Å². The molecule has 1 aliphatic heterocycles. The quantitative estimate of drug-likeness (QED) is 0.899. The Hall–Kier alpha value is -2.02. The molecule has 24 heavy (non-hydrogen) atoms. The van der Waals surface area contributed by atoms with E-state index in [2.05, 4.69) is 4.98 Å². The van der Waals surface area contributed by atoms with Crippen LogP contribution in [0.5, 0.6) is 0 Å². The molecule has 7 heteroatoms. The lowest BCUT2D eigenvalue weighted by atomic mass is 10.0. The maximum Gasteiger partial charge on any atom is 0.419 e. The fraction of sp³-hybridized carbons (Fsp3) is 0.471. The first-order valence-corrected chi connectivity index (χ1v) is 7.92. The Morgan fingerprint density at radius 3 is 2.79 bits per heavy atom. The van der Waals surface area contributed by atoms with Crippen LogP contribution in [-0.2, 0) is 11.2 Å². The maximum absolute atomic E-state index is 12.8. The minimum absolute atomic E-state index is 0.0536. The van der Waals surface area contributed by atoms with Gasteiger partial charge < -0.3 is 15.0 Å². The molecule has 3 rings (SSSR count). The molecule has 2 heterocycles. The molecule has 130 valence electrons. The first kappa shape index (κ1) is 16.8. The molecular formula is C17H19F3N2O2. The van der Waals surface area contributed by atoms with Crippen molar-refractivity contribution in [3.63, 3.8) is 0 Å². The number of carbonyl (C=O) groups is 1. The molecule has 2 aromatic rings. The molecule has 1 aromatic carbocycles. The number of aromatic nitrogens is 1. The number of β-amino-alcohol motifs (C(OH)–C–C–N with tert-alkyl or cyclic N) is 1. The lowest BCUT2D eigenvalue weighted by Crippen LogP contribution is -2.48. The average Bonchev–Trinajstić information content (AvgIpc) is 3.12. The van der Waals surface area contributed by atoms with Crippen molar-refractivity contribution < 1.29 is 23.1 Å².